The summed E-state index contributed by atoms with van der Waals surface area (Å²) in [5.41, 5.74) is 3.70. The summed E-state index contributed by atoms with van der Waals surface area (Å²) in [6.45, 7) is 2.74. The van der Waals surface area contributed by atoms with E-state index in [2.05, 4.69) is 12.1 Å². The van der Waals surface area contributed by atoms with Gasteiger partial charge in [-0.1, -0.05) is 35.9 Å². The molecule has 0 saturated carbocycles. The van der Waals surface area contributed by atoms with Gasteiger partial charge in [0, 0.05) is 36.6 Å². The fourth-order valence-electron chi connectivity index (χ4n) is 3.47. The molecule has 0 radical (unpaired) electrons. The maximum atomic E-state index is 13.1. The van der Waals surface area contributed by atoms with Crippen molar-refractivity contribution in [3.63, 3.8) is 0 Å². The molecule has 0 N–H and O–H groups in total. The Labute approximate surface area is 150 Å². The summed E-state index contributed by atoms with van der Waals surface area (Å²) in [7, 11) is 0. The molecule has 1 aliphatic rings. The molecule has 2 aromatic carbocycles. The standard InChI is InChI=1S/C20H17ClN2O2/c1-13(24)23-12-18(17-10-16(21)6-7-19(17)23)20(25)22-9-8-14-4-2-3-5-15(14)11-22/h2-7,10,12H,8-9,11H2,1H3. The lowest BCUT2D eigenvalue weighted by molar-refractivity contribution is 0.0736. The molecule has 0 fully saturated rings. The molecular weight excluding hydrogens is 336 g/mol. The maximum absolute atomic E-state index is 13.1. The molecule has 0 unspecified atom stereocenters. The van der Waals surface area contributed by atoms with Gasteiger partial charge in [0.15, 0.2) is 0 Å². The average molecular weight is 353 g/mol. The van der Waals surface area contributed by atoms with Crippen molar-refractivity contribution in [2.45, 2.75) is 19.9 Å². The Morgan fingerprint density at radius 1 is 1.08 bits per heavy atom. The third-order valence-corrected chi connectivity index (χ3v) is 4.99. The third-order valence-electron chi connectivity index (χ3n) is 4.75. The van der Waals surface area contributed by atoms with E-state index in [-0.39, 0.29) is 11.8 Å². The quantitative estimate of drug-likeness (QED) is 0.660. The Morgan fingerprint density at radius 2 is 1.84 bits per heavy atom. The lowest BCUT2D eigenvalue weighted by Crippen LogP contribution is -2.35. The number of aromatic nitrogens is 1. The van der Waals surface area contributed by atoms with Crippen LogP contribution >= 0.6 is 11.6 Å². The highest BCUT2D eigenvalue weighted by molar-refractivity contribution is 6.31. The van der Waals surface area contributed by atoms with Crippen LogP contribution in [0.1, 0.15) is 33.2 Å². The highest BCUT2D eigenvalue weighted by atomic mass is 35.5. The second-order valence-corrected chi connectivity index (χ2v) is 6.78. The average Bonchev–Trinajstić information content (AvgIpc) is 2.99. The Hall–Kier alpha value is -2.59. The number of fused-ring (bicyclic) bond motifs is 2. The number of benzene rings is 2. The maximum Gasteiger partial charge on any atom is 0.256 e. The van der Waals surface area contributed by atoms with Crippen molar-refractivity contribution >= 4 is 34.3 Å². The zero-order valence-electron chi connectivity index (χ0n) is 13.8. The molecule has 126 valence electrons. The van der Waals surface area contributed by atoms with Crippen LogP contribution in [0.3, 0.4) is 0 Å². The molecule has 1 amide bonds. The van der Waals surface area contributed by atoms with Crippen LogP contribution in [0.4, 0.5) is 0 Å². The molecular formula is C20H17ClN2O2. The number of amides is 1. The summed E-state index contributed by atoms with van der Waals surface area (Å²) in [4.78, 5) is 26.9. The van der Waals surface area contributed by atoms with Gasteiger partial charge in [-0.2, -0.15) is 0 Å². The Morgan fingerprint density at radius 3 is 2.60 bits per heavy atom. The smallest absolute Gasteiger partial charge is 0.256 e. The van der Waals surface area contributed by atoms with E-state index in [0.29, 0.717) is 34.6 Å². The van der Waals surface area contributed by atoms with E-state index in [9.17, 15) is 9.59 Å². The van der Waals surface area contributed by atoms with Gasteiger partial charge in [0.25, 0.3) is 5.91 Å². The van der Waals surface area contributed by atoms with E-state index < -0.39 is 0 Å². The second-order valence-electron chi connectivity index (χ2n) is 6.34. The van der Waals surface area contributed by atoms with Crippen molar-refractivity contribution in [1.82, 2.24) is 9.47 Å². The Balaban J connectivity index is 1.76. The van der Waals surface area contributed by atoms with E-state index in [1.54, 1.807) is 24.4 Å². The number of hydrogen-bond acceptors (Lipinski definition) is 2. The van der Waals surface area contributed by atoms with Crippen molar-refractivity contribution < 1.29 is 9.59 Å². The van der Waals surface area contributed by atoms with Crippen LogP contribution in [0.25, 0.3) is 10.9 Å². The zero-order chi connectivity index (χ0) is 17.6. The Kier molecular flexibility index (Phi) is 3.85. The van der Waals surface area contributed by atoms with Crippen LogP contribution in [-0.2, 0) is 13.0 Å². The summed E-state index contributed by atoms with van der Waals surface area (Å²) >= 11 is 6.12. The lowest BCUT2D eigenvalue weighted by Gasteiger charge is -2.28. The normalized spacial score (nSPS) is 13.8. The highest BCUT2D eigenvalue weighted by Gasteiger charge is 2.25. The molecule has 25 heavy (non-hydrogen) atoms. The minimum atomic E-state index is -0.129. The van der Waals surface area contributed by atoms with E-state index in [1.165, 1.54) is 22.6 Å². The molecule has 5 heteroatoms. The number of rotatable bonds is 1. The van der Waals surface area contributed by atoms with Crippen LogP contribution in [0, 0.1) is 0 Å². The molecule has 1 aliphatic heterocycles. The molecule has 2 heterocycles. The molecule has 0 saturated heterocycles. The van der Waals surface area contributed by atoms with Crippen molar-refractivity contribution in [2.75, 3.05) is 6.54 Å². The first-order chi connectivity index (χ1) is 12.0. The number of hydrogen-bond donors (Lipinski definition) is 0. The number of nitrogens with zero attached hydrogens (tertiary/aromatic N) is 2. The van der Waals surface area contributed by atoms with Gasteiger partial charge in [-0.05, 0) is 35.7 Å². The first kappa shape index (κ1) is 15.9. The van der Waals surface area contributed by atoms with E-state index in [1.807, 2.05) is 17.0 Å². The minimum absolute atomic E-state index is 0.0678. The van der Waals surface area contributed by atoms with Gasteiger partial charge in [0.2, 0.25) is 5.91 Å². The van der Waals surface area contributed by atoms with Gasteiger partial charge in [-0.3, -0.25) is 14.2 Å². The molecule has 4 rings (SSSR count). The van der Waals surface area contributed by atoms with Crippen molar-refractivity contribution in [3.8, 4) is 0 Å². The summed E-state index contributed by atoms with van der Waals surface area (Å²) in [5.74, 6) is -0.197. The Bertz CT molecular complexity index is 1010. The SMILES string of the molecule is CC(=O)n1cc(C(=O)N2CCc3ccccc3C2)c2cc(Cl)ccc21. The summed E-state index contributed by atoms with van der Waals surface area (Å²) in [5, 5.41) is 1.26. The molecule has 0 aliphatic carbocycles. The molecule has 4 nitrogen and oxygen atoms in total. The highest BCUT2D eigenvalue weighted by Crippen LogP contribution is 2.28. The van der Waals surface area contributed by atoms with Crippen molar-refractivity contribution in [2.24, 2.45) is 0 Å². The lowest BCUT2D eigenvalue weighted by atomic mass is 9.99. The molecule has 0 bridgehead atoms. The number of halogens is 1. The first-order valence-corrected chi connectivity index (χ1v) is 8.60. The van der Waals surface area contributed by atoms with Gasteiger partial charge in [0.05, 0.1) is 11.1 Å². The second kappa shape index (κ2) is 6.05. The third kappa shape index (κ3) is 2.72. The molecule has 0 spiro atoms. The fraction of sp³-hybridized carbons (Fsp3) is 0.200. The number of carbonyl (C=O) groups excluding carboxylic acids is 2. The number of carbonyl (C=O) groups is 2. The van der Waals surface area contributed by atoms with Crippen molar-refractivity contribution in [3.05, 3.63) is 70.4 Å². The van der Waals surface area contributed by atoms with E-state index >= 15 is 0 Å². The largest absolute Gasteiger partial charge is 0.334 e. The van der Waals surface area contributed by atoms with Gasteiger partial charge in [-0.15, -0.1) is 0 Å². The molecule has 3 aromatic rings. The van der Waals surface area contributed by atoms with E-state index in [4.69, 9.17) is 11.6 Å². The van der Waals surface area contributed by atoms with Crippen LogP contribution in [-0.4, -0.2) is 27.8 Å². The predicted octanol–water partition coefficient (Wildman–Crippen LogP) is 4.15. The summed E-state index contributed by atoms with van der Waals surface area (Å²) in [6.07, 6.45) is 2.47. The zero-order valence-corrected chi connectivity index (χ0v) is 14.6. The van der Waals surface area contributed by atoms with Gasteiger partial charge in [-0.25, -0.2) is 0 Å². The summed E-state index contributed by atoms with van der Waals surface area (Å²) < 4.78 is 1.51. The predicted molar refractivity (Wildman–Crippen MR) is 98.1 cm³/mol. The van der Waals surface area contributed by atoms with Crippen LogP contribution in [0.5, 0.6) is 0 Å². The summed E-state index contributed by atoms with van der Waals surface area (Å²) in [6, 6.07) is 13.5. The van der Waals surface area contributed by atoms with E-state index in [0.717, 1.165) is 6.42 Å². The van der Waals surface area contributed by atoms with Crippen LogP contribution < -0.4 is 0 Å². The molecule has 1 aromatic heterocycles. The monoisotopic (exact) mass is 352 g/mol. The molecule has 0 atom stereocenters. The first-order valence-electron chi connectivity index (χ1n) is 8.22. The topological polar surface area (TPSA) is 42.3 Å². The van der Waals surface area contributed by atoms with Crippen LogP contribution in [0.2, 0.25) is 5.02 Å². The van der Waals surface area contributed by atoms with Gasteiger partial charge >= 0.3 is 0 Å². The minimum Gasteiger partial charge on any atom is -0.334 e. The van der Waals surface area contributed by atoms with Crippen molar-refractivity contribution in [1.29, 1.82) is 0 Å². The van der Waals surface area contributed by atoms with Gasteiger partial charge < -0.3 is 4.90 Å². The fourth-order valence-corrected chi connectivity index (χ4v) is 3.64. The van der Waals surface area contributed by atoms with Crippen LogP contribution in [0.15, 0.2) is 48.7 Å². The van der Waals surface area contributed by atoms with Gasteiger partial charge in [0.1, 0.15) is 0 Å².